The minimum Gasteiger partial charge on any atom is -0.496 e. The molecular formula is C19H25N3O2. The first-order valence-corrected chi connectivity index (χ1v) is 8.52. The first-order valence-electron chi connectivity index (χ1n) is 8.52. The van der Waals surface area contributed by atoms with E-state index in [2.05, 4.69) is 15.2 Å². The molecule has 2 aromatic rings. The van der Waals surface area contributed by atoms with Gasteiger partial charge in [-0.2, -0.15) is 0 Å². The summed E-state index contributed by atoms with van der Waals surface area (Å²) >= 11 is 0. The van der Waals surface area contributed by atoms with Gasteiger partial charge in [0.15, 0.2) is 0 Å². The summed E-state index contributed by atoms with van der Waals surface area (Å²) in [5.41, 5.74) is 1.71. The Hall–Kier alpha value is -2.27. The number of hydrogen-bond donors (Lipinski definition) is 2. The average Bonchev–Trinajstić information content (AvgIpc) is 3.12. The van der Waals surface area contributed by atoms with Gasteiger partial charge in [0.1, 0.15) is 11.4 Å². The molecule has 1 saturated heterocycles. The van der Waals surface area contributed by atoms with Gasteiger partial charge >= 0.3 is 0 Å². The summed E-state index contributed by atoms with van der Waals surface area (Å²) in [6.07, 6.45) is 4.12. The van der Waals surface area contributed by atoms with E-state index in [1.54, 1.807) is 7.11 Å². The molecule has 1 amide bonds. The maximum absolute atomic E-state index is 12.8. The van der Waals surface area contributed by atoms with Crippen LogP contribution in [0.3, 0.4) is 0 Å². The Balaban J connectivity index is 1.74. The van der Waals surface area contributed by atoms with Gasteiger partial charge in [-0.3, -0.25) is 4.79 Å². The lowest BCUT2D eigenvalue weighted by Crippen LogP contribution is -2.33. The topological polar surface area (TPSA) is 55.3 Å². The molecule has 1 aliphatic heterocycles. The molecule has 1 unspecified atom stereocenters. The zero-order chi connectivity index (χ0) is 16.9. The number of amides is 1. The van der Waals surface area contributed by atoms with Crippen LogP contribution in [0.15, 0.2) is 42.6 Å². The zero-order valence-electron chi connectivity index (χ0n) is 14.3. The van der Waals surface area contributed by atoms with Crippen molar-refractivity contribution in [2.24, 2.45) is 0 Å². The van der Waals surface area contributed by atoms with Gasteiger partial charge in [-0.25, -0.2) is 0 Å². The zero-order valence-corrected chi connectivity index (χ0v) is 14.3. The highest BCUT2D eigenvalue weighted by Gasteiger charge is 2.21. The molecule has 3 rings (SSSR count). The van der Waals surface area contributed by atoms with Crippen molar-refractivity contribution in [3.05, 3.63) is 53.9 Å². The van der Waals surface area contributed by atoms with E-state index in [0.29, 0.717) is 6.04 Å². The SMILES string of the molecule is COc1ccccc1C(C)NC(=O)c1cccn1C1CCNCC1. The number of carbonyl (C=O) groups is 1. The second-order valence-corrected chi connectivity index (χ2v) is 6.22. The van der Waals surface area contributed by atoms with Gasteiger partial charge in [-0.05, 0) is 51.1 Å². The number of methoxy groups -OCH3 is 1. The molecule has 5 heteroatoms. The van der Waals surface area contributed by atoms with Crippen LogP contribution in [0.1, 0.15) is 47.9 Å². The van der Waals surface area contributed by atoms with Gasteiger partial charge < -0.3 is 19.9 Å². The molecule has 0 radical (unpaired) electrons. The second-order valence-electron chi connectivity index (χ2n) is 6.22. The van der Waals surface area contributed by atoms with Crippen molar-refractivity contribution in [1.82, 2.24) is 15.2 Å². The summed E-state index contributed by atoms with van der Waals surface area (Å²) in [7, 11) is 1.65. The van der Waals surface area contributed by atoms with Crippen LogP contribution < -0.4 is 15.4 Å². The predicted octanol–water partition coefficient (Wildman–Crippen LogP) is 2.91. The van der Waals surface area contributed by atoms with Gasteiger partial charge in [-0.15, -0.1) is 0 Å². The third-order valence-electron chi connectivity index (χ3n) is 4.67. The molecule has 0 spiro atoms. The van der Waals surface area contributed by atoms with Crippen LogP contribution in [0.4, 0.5) is 0 Å². The van der Waals surface area contributed by atoms with Gasteiger partial charge in [-0.1, -0.05) is 18.2 Å². The van der Waals surface area contributed by atoms with Gasteiger partial charge in [0.2, 0.25) is 0 Å². The van der Waals surface area contributed by atoms with Crippen molar-refractivity contribution in [3.8, 4) is 5.75 Å². The fourth-order valence-electron chi connectivity index (χ4n) is 3.36. The number of nitrogens with one attached hydrogen (secondary N) is 2. The lowest BCUT2D eigenvalue weighted by Gasteiger charge is -2.26. The molecule has 0 bridgehead atoms. The van der Waals surface area contributed by atoms with E-state index in [1.165, 1.54) is 0 Å². The highest BCUT2D eigenvalue weighted by Crippen LogP contribution is 2.25. The quantitative estimate of drug-likeness (QED) is 0.888. The Kier molecular flexibility index (Phi) is 5.20. The number of hydrogen-bond acceptors (Lipinski definition) is 3. The van der Waals surface area contributed by atoms with Crippen LogP contribution in [0.25, 0.3) is 0 Å². The first kappa shape index (κ1) is 16.6. The molecule has 1 aliphatic rings. The van der Waals surface area contributed by atoms with Crippen molar-refractivity contribution in [2.45, 2.75) is 31.8 Å². The number of ether oxygens (including phenoxy) is 1. The van der Waals surface area contributed by atoms with Crippen LogP contribution in [-0.2, 0) is 0 Å². The number of benzene rings is 1. The van der Waals surface area contributed by atoms with Crippen LogP contribution in [0.2, 0.25) is 0 Å². The molecular weight excluding hydrogens is 302 g/mol. The molecule has 128 valence electrons. The number of nitrogens with zero attached hydrogens (tertiary/aromatic N) is 1. The first-order chi connectivity index (χ1) is 11.7. The normalized spacial score (nSPS) is 16.6. The van der Waals surface area contributed by atoms with Crippen LogP contribution >= 0.6 is 0 Å². The molecule has 1 aromatic carbocycles. The maximum atomic E-state index is 12.8. The molecule has 1 fully saturated rings. The summed E-state index contributed by atoms with van der Waals surface area (Å²) in [5, 5.41) is 6.46. The van der Waals surface area contributed by atoms with E-state index in [4.69, 9.17) is 4.74 Å². The van der Waals surface area contributed by atoms with Crippen LogP contribution in [0.5, 0.6) is 5.75 Å². The van der Waals surface area contributed by atoms with Crippen molar-refractivity contribution >= 4 is 5.91 Å². The van der Waals surface area contributed by atoms with Crippen molar-refractivity contribution in [3.63, 3.8) is 0 Å². The number of carbonyl (C=O) groups excluding carboxylic acids is 1. The van der Waals surface area contributed by atoms with Gasteiger partial charge in [0.05, 0.1) is 13.2 Å². The van der Waals surface area contributed by atoms with Crippen molar-refractivity contribution in [2.75, 3.05) is 20.2 Å². The smallest absolute Gasteiger partial charge is 0.268 e. The Morgan fingerprint density at radius 1 is 1.25 bits per heavy atom. The molecule has 5 nitrogen and oxygen atoms in total. The van der Waals surface area contributed by atoms with Crippen LogP contribution in [-0.4, -0.2) is 30.7 Å². The summed E-state index contributed by atoms with van der Waals surface area (Å²) in [6.45, 7) is 3.98. The van der Waals surface area contributed by atoms with E-state index in [0.717, 1.165) is 42.9 Å². The standard InChI is InChI=1S/C19H25N3O2/c1-14(16-6-3-4-8-18(16)24-2)21-19(23)17-7-5-13-22(17)15-9-11-20-12-10-15/h3-8,13-15,20H,9-12H2,1-2H3,(H,21,23). The predicted molar refractivity (Wildman–Crippen MR) is 94.4 cm³/mol. The monoisotopic (exact) mass is 327 g/mol. The highest BCUT2D eigenvalue weighted by atomic mass is 16.5. The van der Waals surface area contributed by atoms with E-state index in [-0.39, 0.29) is 11.9 Å². The van der Waals surface area contributed by atoms with Gasteiger partial charge in [0, 0.05) is 17.8 Å². The Morgan fingerprint density at radius 2 is 2.00 bits per heavy atom. The fraction of sp³-hybridized carbons (Fsp3) is 0.421. The Bertz CT molecular complexity index is 689. The largest absolute Gasteiger partial charge is 0.496 e. The maximum Gasteiger partial charge on any atom is 0.268 e. The third kappa shape index (κ3) is 3.46. The average molecular weight is 327 g/mol. The minimum absolute atomic E-state index is 0.0445. The Labute approximate surface area is 143 Å². The fourth-order valence-corrected chi connectivity index (χ4v) is 3.36. The molecule has 2 N–H and O–H groups in total. The summed E-state index contributed by atoms with van der Waals surface area (Å²) in [5.74, 6) is 0.746. The number of piperidine rings is 1. The molecule has 2 heterocycles. The van der Waals surface area contributed by atoms with E-state index in [1.807, 2.05) is 49.5 Å². The van der Waals surface area contributed by atoms with E-state index < -0.39 is 0 Å². The lowest BCUT2D eigenvalue weighted by molar-refractivity contribution is 0.0926. The van der Waals surface area contributed by atoms with Gasteiger partial charge in [0.25, 0.3) is 5.91 Å². The second kappa shape index (κ2) is 7.53. The number of aromatic nitrogens is 1. The Morgan fingerprint density at radius 3 is 2.75 bits per heavy atom. The molecule has 1 atom stereocenters. The molecule has 0 saturated carbocycles. The van der Waals surface area contributed by atoms with Crippen molar-refractivity contribution in [1.29, 1.82) is 0 Å². The third-order valence-corrected chi connectivity index (χ3v) is 4.67. The molecule has 1 aromatic heterocycles. The molecule has 24 heavy (non-hydrogen) atoms. The summed E-state index contributed by atoms with van der Waals surface area (Å²) in [4.78, 5) is 12.8. The number of rotatable bonds is 5. The van der Waals surface area contributed by atoms with E-state index >= 15 is 0 Å². The van der Waals surface area contributed by atoms with E-state index in [9.17, 15) is 4.79 Å². The highest BCUT2D eigenvalue weighted by molar-refractivity contribution is 5.93. The minimum atomic E-state index is -0.120. The van der Waals surface area contributed by atoms with Crippen LogP contribution in [0, 0.1) is 0 Å². The lowest BCUT2D eigenvalue weighted by atomic mass is 10.1. The molecule has 0 aliphatic carbocycles. The van der Waals surface area contributed by atoms with Crippen molar-refractivity contribution < 1.29 is 9.53 Å². The number of para-hydroxylation sites is 1. The summed E-state index contributed by atoms with van der Waals surface area (Å²) < 4.78 is 7.51. The summed E-state index contributed by atoms with van der Waals surface area (Å²) in [6, 6.07) is 11.9.